The lowest BCUT2D eigenvalue weighted by molar-refractivity contribution is -0.112. The van der Waals surface area contributed by atoms with Gasteiger partial charge in [-0.25, -0.2) is 0 Å². The fourth-order valence-electron chi connectivity index (χ4n) is 2.46. The number of hydrogen-bond donors (Lipinski definition) is 1. The molecule has 0 aliphatic carbocycles. The van der Waals surface area contributed by atoms with Crippen molar-refractivity contribution in [1.29, 1.82) is 0 Å². The number of likely N-dealkylation sites (tertiary alicyclic amines) is 1. The lowest BCUT2D eigenvalue weighted by atomic mass is 9.85. The van der Waals surface area contributed by atoms with Crippen molar-refractivity contribution in [1.82, 2.24) is 10.4 Å². The molecule has 0 bridgehead atoms. The van der Waals surface area contributed by atoms with E-state index in [9.17, 15) is 4.79 Å². The minimum absolute atomic E-state index is 0.0197. The van der Waals surface area contributed by atoms with Gasteiger partial charge in [0.05, 0.1) is 0 Å². The molecule has 0 saturated carbocycles. The van der Waals surface area contributed by atoms with Gasteiger partial charge in [-0.15, -0.1) is 0 Å². The van der Waals surface area contributed by atoms with Gasteiger partial charge in [0.2, 0.25) is 0 Å². The summed E-state index contributed by atoms with van der Waals surface area (Å²) in [6.45, 7) is 11.1. The zero-order valence-corrected chi connectivity index (χ0v) is 14.1. The van der Waals surface area contributed by atoms with Crippen LogP contribution in [0, 0.1) is 11.8 Å². The van der Waals surface area contributed by atoms with Crippen molar-refractivity contribution in [3.8, 4) is 0 Å². The molecule has 4 nitrogen and oxygen atoms in total. The highest BCUT2D eigenvalue weighted by atomic mass is 16.7. The molecular formula is C17H32N2O2. The number of piperidine rings is 1. The first-order valence-electron chi connectivity index (χ1n) is 8.25. The van der Waals surface area contributed by atoms with E-state index in [0.29, 0.717) is 12.6 Å². The highest BCUT2D eigenvalue weighted by Crippen LogP contribution is 2.25. The number of hydroxylamine groups is 1. The number of aldehydes is 1. The van der Waals surface area contributed by atoms with Crippen molar-refractivity contribution in [2.75, 3.05) is 19.8 Å². The Morgan fingerprint density at radius 2 is 2.00 bits per heavy atom. The molecule has 0 amide bonds. The summed E-state index contributed by atoms with van der Waals surface area (Å²) in [5, 5.41) is 0. The maximum atomic E-state index is 11.2. The second kappa shape index (κ2) is 9.34. The van der Waals surface area contributed by atoms with E-state index in [0.717, 1.165) is 45.1 Å². The van der Waals surface area contributed by atoms with Gasteiger partial charge in [0.15, 0.2) is 0 Å². The number of nitrogens with one attached hydrogen (secondary N) is 1. The van der Waals surface area contributed by atoms with Crippen LogP contribution in [0.1, 0.15) is 53.4 Å². The summed E-state index contributed by atoms with van der Waals surface area (Å²) in [5.41, 5.74) is 3.14. The van der Waals surface area contributed by atoms with E-state index in [-0.39, 0.29) is 11.5 Å². The van der Waals surface area contributed by atoms with Gasteiger partial charge in [-0.1, -0.05) is 26.0 Å². The number of carbonyl (C=O) groups excluding carboxylic acids is 1. The fourth-order valence-corrected chi connectivity index (χ4v) is 2.46. The molecule has 122 valence electrons. The predicted octanol–water partition coefficient (Wildman–Crippen LogP) is 3.15. The summed E-state index contributed by atoms with van der Waals surface area (Å²) in [7, 11) is 0. The van der Waals surface area contributed by atoms with E-state index in [2.05, 4.69) is 50.2 Å². The first-order valence-corrected chi connectivity index (χ1v) is 8.25. The Morgan fingerprint density at radius 1 is 1.33 bits per heavy atom. The molecule has 1 heterocycles. The Bertz CT molecular complexity index is 321. The number of allylic oxidation sites excluding steroid dienone is 2. The molecule has 1 fully saturated rings. The summed E-state index contributed by atoms with van der Waals surface area (Å²) in [6, 6.07) is 0. The molecule has 0 aromatic heterocycles. The monoisotopic (exact) mass is 296 g/mol. The average molecular weight is 296 g/mol. The number of carbonyl (C=O) groups is 1. The molecule has 0 unspecified atom stereocenters. The van der Waals surface area contributed by atoms with Gasteiger partial charge in [-0.3, -0.25) is 9.74 Å². The summed E-state index contributed by atoms with van der Waals surface area (Å²) in [5.74, 6) is 0.576. The van der Waals surface area contributed by atoms with Crippen molar-refractivity contribution < 1.29 is 9.63 Å². The Labute approximate surface area is 129 Å². The number of hydrogen-bond acceptors (Lipinski definition) is 4. The van der Waals surface area contributed by atoms with Gasteiger partial charge in [-0.2, -0.15) is 5.48 Å². The van der Waals surface area contributed by atoms with Crippen LogP contribution in [0.2, 0.25) is 0 Å². The van der Waals surface area contributed by atoms with E-state index in [1.807, 2.05) is 0 Å². The number of rotatable bonds is 9. The van der Waals surface area contributed by atoms with Crippen LogP contribution in [0.4, 0.5) is 0 Å². The largest absolute Gasteiger partial charge is 0.303 e. The molecule has 0 aromatic carbocycles. The lowest BCUT2D eigenvalue weighted by Gasteiger charge is -2.34. The summed E-state index contributed by atoms with van der Waals surface area (Å²) >= 11 is 0. The van der Waals surface area contributed by atoms with Crippen LogP contribution in [-0.4, -0.2) is 36.5 Å². The summed E-state index contributed by atoms with van der Waals surface area (Å²) in [4.78, 5) is 19.1. The van der Waals surface area contributed by atoms with Gasteiger partial charge < -0.3 is 4.79 Å². The smallest absolute Gasteiger partial charge is 0.127 e. The third-order valence-corrected chi connectivity index (χ3v) is 4.41. The minimum Gasteiger partial charge on any atom is -0.303 e. The maximum absolute atomic E-state index is 11.2. The topological polar surface area (TPSA) is 41.6 Å². The molecule has 0 aromatic rings. The van der Waals surface area contributed by atoms with Gasteiger partial charge in [0.25, 0.3) is 0 Å². The van der Waals surface area contributed by atoms with Crippen LogP contribution in [0.5, 0.6) is 0 Å². The molecule has 1 atom stereocenters. The van der Waals surface area contributed by atoms with Gasteiger partial charge >= 0.3 is 0 Å². The van der Waals surface area contributed by atoms with Crippen LogP contribution in [0.25, 0.3) is 0 Å². The van der Waals surface area contributed by atoms with Gasteiger partial charge in [-0.05, 0) is 45.4 Å². The first-order chi connectivity index (χ1) is 10.0. The maximum Gasteiger partial charge on any atom is 0.127 e. The average Bonchev–Trinajstić information content (AvgIpc) is 2.49. The van der Waals surface area contributed by atoms with Crippen LogP contribution >= 0.6 is 0 Å². The Kier molecular flexibility index (Phi) is 8.15. The van der Waals surface area contributed by atoms with Crippen LogP contribution in [-0.2, 0) is 9.63 Å². The molecule has 1 aliphatic rings. The Hall–Kier alpha value is -0.710. The van der Waals surface area contributed by atoms with Crippen LogP contribution < -0.4 is 5.48 Å². The quantitative estimate of drug-likeness (QED) is 0.403. The molecule has 0 spiro atoms. The van der Waals surface area contributed by atoms with Crippen LogP contribution in [0.15, 0.2) is 12.2 Å². The second-order valence-electron chi connectivity index (χ2n) is 6.62. The lowest BCUT2D eigenvalue weighted by Crippen LogP contribution is -2.43. The van der Waals surface area contributed by atoms with E-state index in [4.69, 9.17) is 4.84 Å². The molecule has 4 heteroatoms. The minimum atomic E-state index is 0.0197. The van der Waals surface area contributed by atoms with Gasteiger partial charge in [0, 0.05) is 24.5 Å². The molecule has 1 rings (SSSR count). The van der Waals surface area contributed by atoms with E-state index >= 15 is 0 Å². The zero-order valence-electron chi connectivity index (χ0n) is 14.1. The molecule has 1 N–H and O–H groups in total. The zero-order chi connectivity index (χ0) is 15.7. The highest BCUT2D eigenvalue weighted by molar-refractivity contribution is 5.57. The normalized spacial score (nSPS) is 20.0. The van der Waals surface area contributed by atoms with Crippen molar-refractivity contribution in [2.24, 2.45) is 11.8 Å². The summed E-state index contributed by atoms with van der Waals surface area (Å²) in [6.07, 6.45) is 9.44. The highest BCUT2D eigenvalue weighted by Gasteiger charge is 2.25. The van der Waals surface area contributed by atoms with Gasteiger partial charge in [0.1, 0.15) is 13.0 Å². The van der Waals surface area contributed by atoms with E-state index in [1.165, 1.54) is 0 Å². The van der Waals surface area contributed by atoms with Crippen molar-refractivity contribution in [3.63, 3.8) is 0 Å². The van der Waals surface area contributed by atoms with Crippen molar-refractivity contribution in [2.45, 2.75) is 58.9 Å². The van der Waals surface area contributed by atoms with E-state index < -0.39 is 0 Å². The molecule has 1 aliphatic heterocycles. The van der Waals surface area contributed by atoms with Crippen molar-refractivity contribution in [3.05, 3.63) is 12.2 Å². The Morgan fingerprint density at radius 3 is 2.52 bits per heavy atom. The van der Waals surface area contributed by atoms with Crippen molar-refractivity contribution >= 4 is 6.29 Å². The summed E-state index contributed by atoms with van der Waals surface area (Å²) < 4.78 is 0. The predicted molar refractivity (Wildman–Crippen MR) is 86.7 cm³/mol. The fraction of sp³-hybridized carbons (Fsp3) is 0.824. The standard InChI is InChI=1S/C17H32N2O2/c1-5-7-8-16(13-20)15-9-11-19(12-10-15)14-21-18-17(3,4)6-2/h7-8,13,15-16,18H,5-6,9-12,14H2,1-4H3/b8-7+/t16-/m0/s1. The molecule has 21 heavy (non-hydrogen) atoms. The Balaban J connectivity index is 2.28. The third kappa shape index (κ3) is 6.72. The molecule has 0 radical (unpaired) electrons. The number of nitrogens with zero attached hydrogens (tertiary/aromatic N) is 1. The van der Waals surface area contributed by atoms with E-state index in [1.54, 1.807) is 0 Å². The molecule has 1 saturated heterocycles. The first kappa shape index (κ1) is 18.3. The van der Waals surface area contributed by atoms with Crippen LogP contribution in [0.3, 0.4) is 0 Å². The molecular weight excluding hydrogens is 264 g/mol. The SMILES string of the molecule is CC/C=C/[C@@H](C=O)C1CCN(CONC(C)(C)CC)CC1. The second-order valence-corrected chi connectivity index (χ2v) is 6.62. The third-order valence-electron chi connectivity index (χ3n) is 4.41.